The summed E-state index contributed by atoms with van der Waals surface area (Å²) >= 11 is 6.16. The van der Waals surface area contributed by atoms with Crippen molar-refractivity contribution in [3.63, 3.8) is 0 Å². The van der Waals surface area contributed by atoms with Crippen molar-refractivity contribution in [2.75, 3.05) is 11.9 Å². The molecule has 0 heterocycles. The Bertz CT molecular complexity index is 1470. The predicted molar refractivity (Wildman–Crippen MR) is 158 cm³/mol. The Balaban J connectivity index is 1.29. The summed E-state index contributed by atoms with van der Waals surface area (Å²) in [5.74, 6) is 0.221. The average molecular weight is 552 g/mol. The molecule has 2 atom stereocenters. The van der Waals surface area contributed by atoms with Crippen molar-refractivity contribution in [2.24, 2.45) is 11.8 Å². The van der Waals surface area contributed by atoms with Crippen LogP contribution in [0.1, 0.15) is 28.8 Å². The number of anilines is 1. The van der Waals surface area contributed by atoms with Crippen molar-refractivity contribution in [1.82, 2.24) is 0 Å². The van der Waals surface area contributed by atoms with Crippen LogP contribution in [0.25, 0.3) is 0 Å². The zero-order valence-electron chi connectivity index (χ0n) is 22.0. The van der Waals surface area contributed by atoms with Crippen molar-refractivity contribution in [3.05, 3.63) is 137 Å². The topological polar surface area (TPSA) is 64.6 Å². The lowest BCUT2D eigenvalue weighted by atomic mass is 9.86. The first-order valence-electron chi connectivity index (χ1n) is 13.3. The van der Waals surface area contributed by atoms with Crippen molar-refractivity contribution in [1.29, 1.82) is 0 Å². The molecular formula is C34H30ClNO4. The first-order chi connectivity index (χ1) is 19.5. The van der Waals surface area contributed by atoms with Gasteiger partial charge in [-0.2, -0.15) is 0 Å². The van der Waals surface area contributed by atoms with Crippen molar-refractivity contribution in [2.45, 2.75) is 19.4 Å². The van der Waals surface area contributed by atoms with E-state index >= 15 is 0 Å². The zero-order chi connectivity index (χ0) is 27.7. The van der Waals surface area contributed by atoms with Crippen molar-refractivity contribution < 1.29 is 19.1 Å². The Labute approximate surface area is 239 Å². The molecule has 0 saturated carbocycles. The van der Waals surface area contributed by atoms with Crippen molar-refractivity contribution in [3.8, 4) is 11.5 Å². The third-order valence-electron chi connectivity index (χ3n) is 6.74. The number of allylic oxidation sites excluding steroid dienone is 2. The summed E-state index contributed by atoms with van der Waals surface area (Å²) in [4.78, 5) is 27.0. The summed E-state index contributed by atoms with van der Waals surface area (Å²) in [6.07, 6.45) is 3.16. The first kappa shape index (κ1) is 27.4. The molecule has 6 heteroatoms. The summed E-state index contributed by atoms with van der Waals surface area (Å²) in [5, 5.41) is 3.52. The van der Waals surface area contributed by atoms with E-state index in [9.17, 15) is 9.59 Å². The first-order valence-corrected chi connectivity index (χ1v) is 13.7. The van der Waals surface area contributed by atoms with Crippen LogP contribution in [-0.4, -0.2) is 18.3 Å². The molecule has 202 valence electrons. The number of hydrogen-bond acceptors (Lipinski definition) is 4. The average Bonchev–Trinajstić information content (AvgIpc) is 3.82. The molecule has 1 N–H and O–H groups in total. The number of hydrogen-bond donors (Lipinski definition) is 1. The van der Waals surface area contributed by atoms with E-state index in [0.717, 1.165) is 23.3 Å². The van der Waals surface area contributed by atoms with Crippen LogP contribution >= 0.6 is 11.6 Å². The van der Waals surface area contributed by atoms with E-state index in [1.165, 1.54) is 0 Å². The molecule has 0 bridgehead atoms. The second-order valence-electron chi connectivity index (χ2n) is 9.77. The number of nitrogens with one attached hydrogen (secondary N) is 1. The summed E-state index contributed by atoms with van der Waals surface area (Å²) in [6.45, 7) is 0.564. The molecule has 1 aliphatic rings. The highest BCUT2D eigenvalue weighted by Crippen LogP contribution is 2.36. The van der Waals surface area contributed by atoms with Gasteiger partial charge >= 0.3 is 0 Å². The fourth-order valence-corrected chi connectivity index (χ4v) is 4.71. The lowest BCUT2D eigenvalue weighted by Crippen LogP contribution is -2.31. The van der Waals surface area contributed by atoms with Gasteiger partial charge in [0.2, 0.25) is 5.91 Å². The number of carbonyl (C=O) groups is 2. The van der Waals surface area contributed by atoms with Crippen LogP contribution in [0.5, 0.6) is 11.5 Å². The fourth-order valence-electron chi connectivity index (χ4n) is 4.52. The SMILES string of the molecule is O=C(Nc1ccc(Oc2ccccc2)cc1)C(COCc1ccccc1)CC(C(=O)c1cccc(Cl)c1)C1=CC1. The maximum Gasteiger partial charge on any atom is 0.229 e. The van der Waals surface area contributed by atoms with Crippen LogP contribution in [-0.2, 0) is 16.1 Å². The number of ether oxygens (including phenoxy) is 2. The van der Waals surface area contributed by atoms with Gasteiger partial charge in [0, 0.05) is 22.2 Å². The zero-order valence-corrected chi connectivity index (χ0v) is 22.7. The fraction of sp³-hybridized carbons (Fsp3) is 0.176. The summed E-state index contributed by atoms with van der Waals surface area (Å²) in [7, 11) is 0. The lowest BCUT2D eigenvalue weighted by Gasteiger charge is -2.22. The van der Waals surface area contributed by atoms with E-state index < -0.39 is 11.8 Å². The van der Waals surface area contributed by atoms with E-state index in [1.807, 2.05) is 78.9 Å². The molecule has 1 aliphatic carbocycles. The summed E-state index contributed by atoms with van der Waals surface area (Å²) in [5.41, 5.74) is 3.26. The number of ketones is 1. The van der Waals surface area contributed by atoms with Gasteiger partial charge in [0.25, 0.3) is 0 Å². The number of para-hydroxylation sites is 1. The van der Waals surface area contributed by atoms with Crippen LogP contribution in [0.4, 0.5) is 5.69 Å². The van der Waals surface area contributed by atoms with Gasteiger partial charge in [-0.05, 0) is 66.9 Å². The number of rotatable bonds is 13. The monoisotopic (exact) mass is 551 g/mol. The molecule has 0 aromatic heterocycles. The Hall–Kier alpha value is -4.19. The van der Waals surface area contributed by atoms with Gasteiger partial charge in [-0.3, -0.25) is 9.59 Å². The number of amides is 1. The maximum atomic E-state index is 13.5. The van der Waals surface area contributed by atoms with E-state index in [4.69, 9.17) is 21.1 Å². The Kier molecular flexibility index (Phi) is 9.07. The van der Waals surface area contributed by atoms with E-state index in [-0.39, 0.29) is 18.3 Å². The lowest BCUT2D eigenvalue weighted by molar-refractivity contribution is -0.122. The number of Topliss-reactive ketones (excluding diaryl/α,β-unsaturated/α-hetero) is 1. The molecule has 4 aromatic carbocycles. The number of carbonyl (C=O) groups excluding carboxylic acids is 2. The van der Waals surface area contributed by atoms with Gasteiger partial charge in [-0.25, -0.2) is 0 Å². The van der Waals surface area contributed by atoms with Crippen LogP contribution in [0, 0.1) is 11.8 Å². The molecule has 2 unspecified atom stereocenters. The molecule has 0 spiro atoms. The van der Waals surface area contributed by atoms with Gasteiger partial charge in [0.1, 0.15) is 11.5 Å². The third kappa shape index (κ3) is 7.69. The highest BCUT2D eigenvalue weighted by molar-refractivity contribution is 6.31. The van der Waals surface area contributed by atoms with Gasteiger partial charge in [-0.1, -0.05) is 83.9 Å². The second-order valence-corrected chi connectivity index (χ2v) is 10.2. The van der Waals surface area contributed by atoms with E-state index in [1.54, 1.807) is 36.4 Å². The minimum atomic E-state index is -0.543. The highest BCUT2D eigenvalue weighted by Gasteiger charge is 2.33. The smallest absolute Gasteiger partial charge is 0.229 e. The standard InChI is InChI=1S/C34H30ClNO4/c35-28-11-7-10-26(20-28)33(37)32(25-14-15-25)21-27(23-39-22-24-8-3-1-4-9-24)34(38)36-29-16-18-31(19-17-29)40-30-12-5-2-6-13-30/h1-14,16-20,27,32H,15,21-23H2,(H,36,38). The minimum absolute atomic E-state index is 0.0328. The maximum absolute atomic E-state index is 13.5. The van der Waals surface area contributed by atoms with E-state index in [2.05, 4.69) is 5.32 Å². The molecular weight excluding hydrogens is 522 g/mol. The molecule has 0 aliphatic heterocycles. The normalized spacial score (nSPS) is 13.6. The molecule has 4 aromatic rings. The van der Waals surface area contributed by atoms with Crippen LogP contribution < -0.4 is 10.1 Å². The van der Waals surface area contributed by atoms with Gasteiger partial charge in [-0.15, -0.1) is 0 Å². The second kappa shape index (κ2) is 13.2. The summed E-state index contributed by atoms with van der Waals surface area (Å²) < 4.78 is 11.9. The molecule has 1 amide bonds. The van der Waals surface area contributed by atoms with Gasteiger partial charge in [0.15, 0.2) is 5.78 Å². The quantitative estimate of drug-likeness (QED) is 0.135. The minimum Gasteiger partial charge on any atom is -0.457 e. The Morgan fingerprint density at radius 3 is 2.17 bits per heavy atom. The third-order valence-corrected chi connectivity index (χ3v) is 6.97. The van der Waals surface area contributed by atoms with Crippen molar-refractivity contribution >= 4 is 29.0 Å². The molecule has 0 radical (unpaired) electrons. The largest absolute Gasteiger partial charge is 0.457 e. The molecule has 5 nitrogen and oxygen atoms in total. The number of halogens is 1. The molecule has 0 fully saturated rings. The van der Waals surface area contributed by atoms with Crippen LogP contribution in [0.3, 0.4) is 0 Å². The van der Waals surface area contributed by atoms with Crippen LogP contribution in [0.15, 0.2) is 121 Å². The Morgan fingerprint density at radius 2 is 1.50 bits per heavy atom. The molecule has 0 saturated heterocycles. The van der Waals surface area contributed by atoms with Crippen LogP contribution in [0.2, 0.25) is 5.02 Å². The Morgan fingerprint density at radius 1 is 0.825 bits per heavy atom. The van der Waals surface area contributed by atoms with Gasteiger partial charge in [0.05, 0.1) is 19.1 Å². The number of benzene rings is 4. The molecule has 40 heavy (non-hydrogen) atoms. The predicted octanol–water partition coefficient (Wildman–Crippen LogP) is 8.12. The summed E-state index contributed by atoms with van der Waals surface area (Å²) in [6, 6.07) is 33.5. The molecule has 5 rings (SSSR count). The highest BCUT2D eigenvalue weighted by atomic mass is 35.5. The van der Waals surface area contributed by atoms with E-state index in [0.29, 0.717) is 35.1 Å². The van der Waals surface area contributed by atoms with Gasteiger partial charge < -0.3 is 14.8 Å².